The topological polar surface area (TPSA) is 49.3 Å². The number of hydrogen-bond donors (Lipinski definition) is 2. The van der Waals surface area contributed by atoms with Crippen LogP contribution in [0.2, 0.25) is 0 Å². The maximum atomic E-state index is 10.9. The van der Waals surface area contributed by atoms with Crippen molar-refractivity contribution in [1.29, 1.82) is 0 Å². The van der Waals surface area contributed by atoms with Crippen molar-refractivity contribution in [1.82, 2.24) is 5.32 Å². The first-order valence-corrected chi connectivity index (χ1v) is 7.58. The van der Waals surface area contributed by atoms with Gasteiger partial charge >= 0.3 is 5.97 Å². The standard InChI is InChI=1S/C17H25NO2/c1-17(9-5-2-6-10-17)13-18-12-15-8-4-3-7-14(15)11-16(19)20/h3-4,7-8,18H,2,5-6,9-13H2,1H3,(H,19,20). The van der Waals surface area contributed by atoms with E-state index in [9.17, 15) is 4.79 Å². The molecule has 110 valence electrons. The highest BCUT2D eigenvalue weighted by Crippen LogP contribution is 2.34. The Morgan fingerprint density at radius 3 is 2.50 bits per heavy atom. The Morgan fingerprint density at radius 1 is 1.20 bits per heavy atom. The molecule has 2 rings (SSSR count). The van der Waals surface area contributed by atoms with E-state index in [0.29, 0.717) is 5.41 Å². The van der Waals surface area contributed by atoms with E-state index >= 15 is 0 Å². The summed E-state index contributed by atoms with van der Waals surface area (Å²) in [5, 5.41) is 12.5. The second kappa shape index (κ2) is 6.89. The third-order valence-electron chi connectivity index (χ3n) is 4.39. The van der Waals surface area contributed by atoms with Gasteiger partial charge in [-0.25, -0.2) is 0 Å². The number of carbonyl (C=O) groups is 1. The van der Waals surface area contributed by atoms with Crippen LogP contribution in [0.25, 0.3) is 0 Å². The predicted octanol–water partition coefficient (Wildman–Crippen LogP) is 3.37. The molecule has 3 heteroatoms. The van der Waals surface area contributed by atoms with Crippen molar-refractivity contribution in [2.75, 3.05) is 6.54 Å². The fraction of sp³-hybridized carbons (Fsp3) is 0.588. The summed E-state index contributed by atoms with van der Waals surface area (Å²) >= 11 is 0. The van der Waals surface area contributed by atoms with Gasteiger partial charge in [-0.1, -0.05) is 50.5 Å². The average Bonchev–Trinajstić information content (AvgIpc) is 2.41. The van der Waals surface area contributed by atoms with E-state index in [1.807, 2.05) is 24.3 Å². The van der Waals surface area contributed by atoms with E-state index in [0.717, 1.165) is 24.2 Å². The lowest BCUT2D eigenvalue weighted by atomic mass is 9.76. The number of nitrogens with one attached hydrogen (secondary N) is 1. The van der Waals surface area contributed by atoms with Crippen LogP contribution < -0.4 is 5.32 Å². The number of aliphatic carboxylic acids is 1. The normalized spacial score (nSPS) is 17.9. The third-order valence-corrected chi connectivity index (χ3v) is 4.39. The first-order valence-electron chi connectivity index (χ1n) is 7.58. The Balaban J connectivity index is 1.89. The van der Waals surface area contributed by atoms with Gasteiger partial charge in [0.2, 0.25) is 0 Å². The van der Waals surface area contributed by atoms with Gasteiger partial charge in [0.25, 0.3) is 0 Å². The van der Waals surface area contributed by atoms with E-state index < -0.39 is 5.97 Å². The zero-order valence-electron chi connectivity index (χ0n) is 12.3. The van der Waals surface area contributed by atoms with Crippen LogP contribution in [0.15, 0.2) is 24.3 Å². The Kier molecular flexibility index (Phi) is 5.18. The zero-order chi connectivity index (χ0) is 14.4. The molecule has 1 aliphatic carbocycles. The average molecular weight is 275 g/mol. The Labute approximate surface area is 121 Å². The summed E-state index contributed by atoms with van der Waals surface area (Å²) in [5.41, 5.74) is 2.44. The van der Waals surface area contributed by atoms with Gasteiger partial charge in [0.15, 0.2) is 0 Å². The lowest BCUT2D eigenvalue weighted by Crippen LogP contribution is -2.33. The van der Waals surface area contributed by atoms with Crippen molar-refractivity contribution < 1.29 is 9.90 Å². The molecule has 1 fully saturated rings. The van der Waals surface area contributed by atoms with Crippen molar-refractivity contribution >= 4 is 5.97 Å². The summed E-state index contributed by atoms with van der Waals surface area (Å²) in [6, 6.07) is 7.82. The van der Waals surface area contributed by atoms with Crippen LogP contribution >= 0.6 is 0 Å². The third kappa shape index (κ3) is 4.34. The van der Waals surface area contributed by atoms with E-state index in [-0.39, 0.29) is 6.42 Å². The molecule has 1 aromatic carbocycles. The number of benzene rings is 1. The molecule has 20 heavy (non-hydrogen) atoms. The summed E-state index contributed by atoms with van der Waals surface area (Å²) in [7, 11) is 0. The molecule has 1 aromatic rings. The number of hydrogen-bond acceptors (Lipinski definition) is 2. The van der Waals surface area contributed by atoms with Crippen LogP contribution in [0.3, 0.4) is 0 Å². The maximum Gasteiger partial charge on any atom is 0.307 e. The molecule has 0 bridgehead atoms. The SMILES string of the molecule is CC1(CNCc2ccccc2CC(=O)O)CCCCC1. The molecule has 0 aromatic heterocycles. The Bertz CT molecular complexity index is 450. The molecule has 1 aliphatic rings. The van der Waals surface area contributed by atoms with E-state index in [1.54, 1.807) is 0 Å². The van der Waals surface area contributed by atoms with E-state index in [4.69, 9.17) is 5.11 Å². The van der Waals surface area contributed by atoms with Crippen LogP contribution in [0.4, 0.5) is 0 Å². The van der Waals surface area contributed by atoms with Gasteiger partial charge in [0.1, 0.15) is 0 Å². The highest BCUT2D eigenvalue weighted by molar-refractivity contribution is 5.70. The molecular formula is C17H25NO2. The van der Waals surface area contributed by atoms with Gasteiger partial charge in [0, 0.05) is 13.1 Å². The molecule has 0 aliphatic heterocycles. The Hall–Kier alpha value is -1.35. The first kappa shape index (κ1) is 15.0. The highest BCUT2D eigenvalue weighted by Gasteiger charge is 2.26. The van der Waals surface area contributed by atoms with Crippen LogP contribution in [-0.4, -0.2) is 17.6 Å². The number of carboxylic acids is 1. The lowest BCUT2D eigenvalue weighted by Gasteiger charge is -2.33. The molecule has 1 saturated carbocycles. The van der Waals surface area contributed by atoms with E-state index in [1.165, 1.54) is 32.1 Å². The number of carboxylic acid groups (broad SMARTS) is 1. The van der Waals surface area contributed by atoms with Gasteiger partial charge in [-0.05, 0) is 29.4 Å². The molecule has 3 nitrogen and oxygen atoms in total. The van der Waals surface area contributed by atoms with Crippen LogP contribution in [0, 0.1) is 5.41 Å². The van der Waals surface area contributed by atoms with E-state index in [2.05, 4.69) is 12.2 Å². The largest absolute Gasteiger partial charge is 0.481 e. The molecule has 0 spiro atoms. The lowest BCUT2D eigenvalue weighted by molar-refractivity contribution is -0.136. The van der Waals surface area contributed by atoms with Crippen LogP contribution in [0.1, 0.15) is 50.2 Å². The Morgan fingerprint density at radius 2 is 1.85 bits per heavy atom. The quantitative estimate of drug-likeness (QED) is 0.837. The molecule has 0 radical (unpaired) electrons. The fourth-order valence-electron chi connectivity index (χ4n) is 3.15. The van der Waals surface area contributed by atoms with Crippen molar-refractivity contribution in [2.24, 2.45) is 5.41 Å². The fourth-order valence-corrected chi connectivity index (χ4v) is 3.15. The monoisotopic (exact) mass is 275 g/mol. The highest BCUT2D eigenvalue weighted by atomic mass is 16.4. The summed E-state index contributed by atoms with van der Waals surface area (Å²) in [6.45, 7) is 4.15. The second-order valence-electron chi connectivity index (χ2n) is 6.31. The summed E-state index contributed by atoms with van der Waals surface area (Å²) in [5.74, 6) is -0.767. The maximum absolute atomic E-state index is 10.9. The second-order valence-corrected chi connectivity index (χ2v) is 6.31. The molecule has 0 unspecified atom stereocenters. The molecule has 0 atom stereocenters. The smallest absolute Gasteiger partial charge is 0.307 e. The minimum Gasteiger partial charge on any atom is -0.481 e. The van der Waals surface area contributed by atoms with Gasteiger partial charge < -0.3 is 10.4 Å². The molecule has 0 amide bonds. The minimum atomic E-state index is -0.767. The van der Waals surface area contributed by atoms with Gasteiger partial charge in [-0.2, -0.15) is 0 Å². The molecular weight excluding hydrogens is 250 g/mol. The number of rotatable bonds is 6. The predicted molar refractivity (Wildman–Crippen MR) is 80.7 cm³/mol. The summed E-state index contributed by atoms with van der Waals surface area (Å²) < 4.78 is 0. The molecule has 0 heterocycles. The minimum absolute atomic E-state index is 0.106. The van der Waals surface area contributed by atoms with Gasteiger partial charge in [-0.15, -0.1) is 0 Å². The zero-order valence-corrected chi connectivity index (χ0v) is 12.3. The van der Waals surface area contributed by atoms with Gasteiger partial charge in [-0.3, -0.25) is 4.79 Å². The summed E-state index contributed by atoms with van der Waals surface area (Å²) in [4.78, 5) is 10.9. The van der Waals surface area contributed by atoms with Crippen LogP contribution in [-0.2, 0) is 17.8 Å². The van der Waals surface area contributed by atoms with Crippen LogP contribution in [0.5, 0.6) is 0 Å². The van der Waals surface area contributed by atoms with Crippen molar-refractivity contribution in [3.8, 4) is 0 Å². The van der Waals surface area contributed by atoms with Crippen molar-refractivity contribution in [3.05, 3.63) is 35.4 Å². The first-order chi connectivity index (χ1) is 9.59. The molecule has 0 saturated heterocycles. The summed E-state index contributed by atoms with van der Waals surface area (Å²) in [6.07, 6.45) is 6.77. The van der Waals surface area contributed by atoms with Gasteiger partial charge in [0.05, 0.1) is 6.42 Å². The van der Waals surface area contributed by atoms with Crippen molar-refractivity contribution in [2.45, 2.75) is 52.0 Å². The molecule has 2 N–H and O–H groups in total. The van der Waals surface area contributed by atoms with Crippen molar-refractivity contribution in [3.63, 3.8) is 0 Å².